The molecule has 1 saturated carbocycles. The van der Waals surface area contributed by atoms with Crippen LogP contribution in [-0.4, -0.2) is 51.1 Å². The van der Waals surface area contributed by atoms with Crippen LogP contribution in [0.4, 0.5) is 0 Å². The number of carbonyl (C=O) groups excluding carboxylic acids is 1. The molecule has 2 N–H and O–H groups in total. The van der Waals surface area contributed by atoms with E-state index in [-0.39, 0.29) is 41.9 Å². The second kappa shape index (κ2) is 11.2. The average Bonchev–Trinajstić information content (AvgIpc) is 3.54. The molecule has 0 bridgehead atoms. The number of guanidine groups is 1. The number of nitrogens with zero attached hydrogens (tertiary/aromatic N) is 2. The molecule has 1 aliphatic rings. The van der Waals surface area contributed by atoms with E-state index in [0.29, 0.717) is 12.3 Å². The van der Waals surface area contributed by atoms with Crippen molar-refractivity contribution in [2.45, 2.75) is 24.8 Å². The van der Waals surface area contributed by atoms with Crippen molar-refractivity contribution < 1.29 is 9.53 Å². The third kappa shape index (κ3) is 6.62. The summed E-state index contributed by atoms with van der Waals surface area (Å²) in [6.45, 7) is 1.53. The minimum atomic E-state index is -0.0643. The van der Waals surface area contributed by atoms with Crippen LogP contribution in [0.3, 0.4) is 0 Å². The monoisotopic (exact) mass is 522 g/mol. The van der Waals surface area contributed by atoms with Gasteiger partial charge in [0, 0.05) is 39.6 Å². The summed E-state index contributed by atoms with van der Waals surface area (Å²) in [4.78, 5) is 17.5. The lowest BCUT2D eigenvalue weighted by Crippen LogP contribution is -2.40. The van der Waals surface area contributed by atoms with Gasteiger partial charge in [-0.2, -0.15) is 0 Å². The summed E-state index contributed by atoms with van der Waals surface area (Å²) in [6.07, 6.45) is 2.40. The minimum Gasteiger partial charge on any atom is -0.484 e. The first kappa shape index (κ1) is 24.0. The van der Waals surface area contributed by atoms with E-state index in [1.807, 2.05) is 24.3 Å². The number of likely N-dealkylation sites (N-methyl/N-ethyl adjacent to an activating group) is 1. The Labute approximate surface area is 196 Å². The van der Waals surface area contributed by atoms with Gasteiger partial charge in [-0.15, -0.1) is 24.0 Å². The minimum absolute atomic E-state index is 0. The summed E-state index contributed by atoms with van der Waals surface area (Å²) in [6, 6.07) is 18.4. The Hall–Kier alpha value is -2.29. The fourth-order valence-corrected chi connectivity index (χ4v) is 3.19. The molecule has 7 heteroatoms. The molecule has 0 aliphatic heterocycles. The van der Waals surface area contributed by atoms with Crippen LogP contribution in [0.15, 0.2) is 59.6 Å². The maximum atomic E-state index is 11.7. The number of rotatable bonds is 8. The molecule has 1 fully saturated rings. The first-order valence-electron chi connectivity index (χ1n) is 9.94. The molecule has 6 nitrogen and oxygen atoms in total. The zero-order valence-corrected chi connectivity index (χ0v) is 20.2. The first-order chi connectivity index (χ1) is 14.0. The van der Waals surface area contributed by atoms with Crippen LogP contribution in [0.5, 0.6) is 5.75 Å². The third-order valence-electron chi connectivity index (χ3n) is 5.28. The van der Waals surface area contributed by atoms with Gasteiger partial charge in [0.15, 0.2) is 12.6 Å². The van der Waals surface area contributed by atoms with Crippen LogP contribution in [0.2, 0.25) is 0 Å². The summed E-state index contributed by atoms with van der Waals surface area (Å²) < 4.78 is 5.59. The highest BCUT2D eigenvalue weighted by atomic mass is 127. The molecule has 0 spiro atoms. The molecule has 1 amide bonds. The van der Waals surface area contributed by atoms with Crippen LogP contribution in [-0.2, 0) is 16.8 Å². The molecule has 2 aromatic rings. The van der Waals surface area contributed by atoms with Crippen molar-refractivity contribution >= 4 is 35.8 Å². The van der Waals surface area contributed by atoms with Gasteiger partial charge in [-0.3, -0.25) is 9.79 Å². The van der Waals surface area contributed by atoms with E-state index in [0.717, 1.165) is 18.1 Å². The summed E-state index contributed by atoms with van der Waals surface area (Å²) >= 11 is 0. The summed E-state index contributed by atoms with van der Waals surface area (Å²) in [5.74, 6) is 1.40. The van der Waals surface area contributed by atoms with E-state index in [1.54, 1.807) is 21.1 Å². The Bertz CT molecular complexity index is 851. The fourth-order valence-electron chi connectivity index (χ4n) is 3.19. The second-order valence-electron chi connectivity index (χ2n) is 7.65. The van der Waals surface area contributed by atoms with Crippen molar-refractivity contribution in [3.05, 3.63) is 65.7 Å². The molecule has 30 heavy (non-hydrogen) atoms. The van der Waals surface area contributed by atoms with Crippen molar-refractivity contribution in [1.29, 1.82) is 0 Å². The van der Waals surface area contributed by atoms with Gasteiger partial charge in [0.25, 0.3) is 5.91 Å². The number of hydrogen-bond donors (Lipinski definition) is 2. The molecular formula is C23H31IN4O2. The maximum absolute atomic E-state index is 11.7. The van der Waals surface area contributed by atoms with Crippen LogP contribution >= 0.6 is 24.0 Å². The number of carbonyl (C=O) groups is 1. The van der Waals surface area contributed by atoms with E-state index in [9.17, 15) is 4.79 Å². The number of nitrogens with one attached hydrogen (secondary N) is 2. The summed E-state index contributed by atoms with van der Waals surface area (Å²) in [7, 11) is 5.21. The van der Waals surface area contributed by atoms with Crippen LogP contribution in [0.25, 0.3) is 0 Å². The quantitative estimate of drug-likeness (QED) is 0.318. The largest absolute Gasteiger partial charge is 0.484 e. The van der Waals surface area contributed by atoms with Gasteiger partial charge < -0.3 is 20.3 Å². The molecule has 0 atom stereocenters. The highest BCUT2D eigenvalue weighted by Gasteiger charge is 2.43. The topological polar surface area (TPSA) is 66.0 Å². The number of amides is 1. The van der Waals surface area contributed by atoms with Crippen molar-refractivity contribution in [2.24, 2.45) is 4.99 Å². The summed E-state index contributed by atoms with van der Waals surface area (Å²) in [5.41, 5.74) is 2.68. The van der Waals surface area contributed by atoms with Gasteiger partial charge in [0.1, 0.15) is 5.75 Å². The van der Waals surface area contributed by atoms with Crippen molar-refractivity contribution in [1.82, 2.24) is 15.5 Å². The molecule has 2 aromatic carbocycles. The predicted molar refractivity (Wildman–Crippen MR) is 132 cm³/mol. The van der Waals surface area contributed by atoms with Gasteiger partial charge in [-0.25, -0.2) is 0 Å². The smallest absolute Gasteiger partial charge is 0.259 e. The molecule has 162 valence electrons. The number of hydrogen-bond acceptors (Lipinski definition) is 3. The second-order valence-corrected chi connectivity index (χ2v) is 7.65. The molecule has 1 aliphatic carbocycles. The SMILES string of the molecule is CN=C(NCc1cccc(OCC(=O)N(C)C)c1)NCC1(c2ccccc2)CC1.I. The van der Waals surface area contributed by atoms with E-state index >= 15 is 0 Å². The molecule has 0 unspecified atom stereocenters. The first-order valence-corrected chi connectivity index (χ1v) is 9.94. The third-order valence-corrected chi connectivity index (χ3v) is 5.28. The highest BCUT2D eigenvalue weighted by Crippen LogP contribution is 2.47. The zero-order valence-electron chi connectivity index (χ0n) is 17.9. The Balaban J connectivity index is 0.00000320. The predicted octanol–water partition coefficient (Wildman–Crippen LogP) is 3.17. The van der Waals surface area contributed by atoms with Crippen molar-refractivity contribution in [2.75, 3.05) is 34.3 Å². The van der Waals surface area contributed by atoms with Crippen molar-refractivity contribution in [3.8, 4) is 5.75 Å². The van der Waals surface area contributed by atoms with Gasteiger partial charge in [-0.05, 0) is 36.1 Å². The summed E-state index contributed by atoms with van der Waals surface area (Å²) in [5, 5.41) is 6.82. The maximum Gasteiger partial charge on any atom is 0.259 e. The van der Waals surface area contributed by atoms with E-state index < -0.39 is 0 Å². The Morgan fingerprint density at radius 3 is 2.47 bits per heavy atom. The highest BCUT2D eigenvalue weighted by molar-refractivity contribution is 14.0. The molecule has 3 rings (SSSR count). The van der Waals surface area contributed by atoms with E-state index in [1.165, 1.54) is 23.3 Å². The lowest BCUT2D eigenvalue weighted by molar-refractivity contribution is -0.130. The Morgan fingerprint density at radius 1 is 1.10 bits per heavy atom. The lowest BCUT2D eigenvalue weighted by atomic mass is 9.96. The average molecular weight is 522 g/mol. The molecule has 0 saturated heterocycles. The Kier molecular flexibility index (Phi) is 8.95. The van der Waals surface area contributed by atoms with Gasteiger partial charge >= 0.3 is 0 Å². The number of benzene rings is 2. The molecular weight excluding hydrogens is 491 g/mol. The lowest BCUT2D eigenvalue weighted by Gasteiger charge is -2.19. The van der Waals surface area contributed by atoms with Gasteiger partial charge in [0.05, 0.1) is 0 Å². The zero-order chi connectivity index (χ0) is 20.7. The number of aliphatic imine (C=N–C) groups is 1. The van der Waals surface area contributed by atoms with E-state index in [4.69, 9.17) is 4.74 Å². The molecule has 0 radical (unpaired) electrons. The van der Waals surface area contributed by atoms with E-state index in [2.05, 4.69) is 46.0 Å². The van der Waals surface area contributed by atoms with Crippen LogP contribution < -0.4 is 15.4 Å². The normalized spacial score (nSPS) is 14.3. The van der Waals surface area contributed by atoms with Gasteiger partial charge in [-0.1, -0.05) is 42.5 Å². The van der Waals surface area contributed by atoms with Crippen LogP contribution in [0.1, 0.15) is 24.0 Å². The van der Waals surface area contributed by atoms with Crippen LogP contribution in [0, 0.1) is 0 Å². The molecule has 0 aromatic heterocycles. The van der Waals surface area contributed by atoms with Gasteiger partial charge in [0.2, 0.25) is 0 Å². The fraction of sp³-hybridized carbons (Fsp3) is 0.391. The number of ether oxygens (including phenoxy) is 1. The standard InChI is InChI=1S/C23H30N4O2.HI/c1-24-22(26-17-23(12-13-23)19-9-5-4-6-10-19)25-15-18-8-7-11-20(14-18)29-16-21(28)27(2)3;/h4-11,14H,12-13,15-17H2,1-3H3,(H2,24,25,26);1H. The number of halogens is 1. The van der Waals surface area contributed by atoms with Crippen molar-refractivity contribution in [3.63, 3.8) is 0 Å². The molecule has 0 heterocycles. The Morgan fingerprint density at radius 2 is 1.83 bits per heavy atom.